The van der Waals surface area contributed by atoms with Crippen molar-refractivity contribution in [1.29, 1.82) is 0 Å². The van der Waals surface area contributed by atoms with Gasteiger partial charge in [-0.1, -0.05) is 35.9 Å². The molecule has 0 atom stereocenters. The van der Waals surface area contributed by atoms with Crippen molar-refractivity contribution in [2.45, 2.75) is 12.8 Å². The van der Waals surface area contributed by atoms with Gasteiger partial charge in [0.25, 0.3) is 0 Å². The number of ether oxygens (including phenoxy) is 1. The van der Waals surface area contributed by atoms with E-state index in [1.54, 1.807) is 7.11 Å². The molecule has 0 aromatic heterocycles. The Hall–Kier alpha value is -1.12. The summed E-state index contributed by atoms with van der Waals surface area (Å²) in [6, 6.07) is 12.3. The normalized spacial score (nSPS) is 10.5. The number of hydrogen-bond acceptors (Lipinski definition) is 2. The molecular weight excluding hydrogens is 252 g/mol. The van der Waals surface area contributed by atoms with E-state index in [4.69, 9.17) is 28.6 Å². The van der Waals surface area contributed by atoms with Crippen LogP contribution in [0.25, 0.3) is 10.8 Å². The van der Waals surface area contributed by atoms with Gasteiger partial charge in [0.2, 0.25) is 0 Å². The third-order valence-electron chi connectivity index (χ3n) is 2.71. The molecule has 2 aromatic carbocycles. The fraction of sp³-hybridized carbons (Fsp3) is 0.214. The van der Waals surface area contributed by atoms with Crippen LogP contribution in [0.1, 0.15) is 12.0 Å². The van der Waals surface area contributed by atoms with Gasteiger partial charge < -0.3 is 4.74 Å². The summed E-state index contributed by atoms with van der Waals surface area (Å²) in [6.45, 7) is 0. The van der Waals surface area contributed by atoms with E-state index in [2.05, 4.69) is 18.2 Å². The first kappa shape index (κ1) is 12.3. The van der Waals surface area contributed by atoms with Crippen LogP contribution in [0, 0.1) is 0 Å². The molecule has 0 fully saturated rings. The fourth-order valence-electron chi connectivity index (χ4n) is 1.77. The van der Waals surface area contributed by atoms with E-state index in [9.17, 15) is 0 Å². The smallest absolute Gasteiger partial charge is 0.159 e. The largest absolute Gasteiger partial charge is 0.490 e. The van der Waals surface area contributed by atoms with Crippen LogP contribution in [-0.4, -0.2) is 12.2 Å². The Morgan fingerprint density at radius 1 is 1.18 bits per heavy atom. The van der Waals surface area contributed by atoms with Crippen LogP contribution in [0.15, 0.2) is 36.4 Å². The summed E-state index contributed by atoms with van der Waals surface area (Å²) in [6.07, 6.45) is 1.69. The van der Waals surface area contributed by atoms with E-state index in [0.29, 0.717) is 5.05 Å². The zero-order valence-electron chi connectivity index (χ0n) is 9.57. The first-order chi connectivity index (χ1) is 8.19. The lowest BCUT2D eigenvalue weighted by Crippen LogP contribution is -1.99. The molecule has 2 rings (SSSR count). The van der Waals surface area contributed by atoms with Gasteiger partial charge in [0.1, 0.15) is 0 Å². The Morgan fingerprint density at radius 3 is 2.65 bits per heavy atom. The molecule has 0 saturated heterocycles. The Morgan fingerprint density at radius 2 is 1.88 bits per heavy atom. The van der Waals surface area contributed by atoms with E-state index >= 15 is 0 Å². The molecule has 0 aliphatic carbocycles. The van der Waals surface area contributed by atoms with Gasteiger partial charge in [-0.05, 0) is 47.1 Å². The monoisotopic (exact) mass is 264 g/mol. The Balaban J connectivity index is 2.20. The maximum atomic E-state index is 5.95. The molecule has 3 heteroatoms. The predicted octanol–water partition coefficient (Wildman–Crippen LogP) is 4.40. The lowest BCUT2D eigenvalue weighted by Gasteiger charge is -2.05. The van der Waals surface area contributed by atoms with E-state index in [1.807, 2.05) is 18.2 Å². The topological polar surface area (TPSA) is 9.23 Å². The number of thiocarbonyl (C=S) groups is 1. The zero-order chi connectivity index (χ0) is 12.3. The van der Waals surface area contributed by atoms with Gasteiger partial charge in [-0.3, -0.25) is 0 Å². The molecule has 0 unspecified atom stereocenters. The Labute approximate surface area is 111 Å². The van der Waals surface area contributed by atoms with Gasteiger partial charge in [0, 0.05) is 11.4 Å². The molecule has 0 N–H and O–H groups in total. The zero-order valence-corrected chi connectivity index (χ0v) is 11.1. The average Bonchev–Trinajstić information content (AvgIpc) is 2.35. The molecule has 0 saturated carbocycles. The number of fused-ring (bicyclic) bond motifs is 1. The minimum absolute atomic E-state index is 0.654. The first-order valence-corrected chi connectivity index (χ1v) is 6.22. The summed E-state index contributed by atoms with van der Waals surface area (Å²) in [5.41, 5.74) is 1.26. The number of methoxy groups -OCH3 is 1. The molecule has 0 bridgehead atoms. The summed E-state index contributed by atoms with van der Waals surface area (Å²) in [4.78, 5) is 0. The maximum Gasteiger partial charge on any atom is 0.159 e. The van der Waals surface area contributed by atoms with Gasteiger partial charge in [0.05, 0.1) is 7.11 Å². The van der Waals surface area contributed by atoms with E-state index in [-0.39, 0.29) is 0 Å². The lowest BCUT2D eigenvalue weighted by atomic mass is 10.0. The molecule has 0 radical (unpaired) electrons. The second kappa shape index (κ2) is 5.48. The molecule has 88 valence electrons. The van der Waals surface area contributed by atoms with Crippen LogP contribution < -0.4 is 0 Å². The van der Waals surface area contributed by atoms with Gasteiger partial charge >= 0.3 is 0 Å². The summed E-state index contributed by atoms with van der Waals surface area (Å²) >= 11 is 11.0. The van der Waals surface area contributed by atoms with Crippen molar-refractivity contribution >= 4 is 39.6 Å². The molecule has 1 nitrogen and oxygen atoms in total. The SMILES string of the molecule is COC(=S)CCc1ccc2cc(Cl)ccc2c1. The van der Waals surface area contributed by atoms with E-state index < -0.39 is 0 Å². The fourth-order valence-corrected chi connectivity index (χ4v) is 2.05. The average molecular weight is 265 g/mol. The molecule has 0 spiro atoms. The minimum Gasteiger partial charge on any atom is -0.490 e. The van der Waals surface area contributed by atoms with Crippen LogP contribution in [0.3, 0.4) is 0 Å². The predicted molar refractivity (Wildman–Crippen MR) is 76.9 cm³/mol. The van der Waals surface area contributed by atoms with Gasteiger partial charge in [-0.2, -0.15) is 0 Å². The molecular formula is C14H13ClOS. The van der Waals surface area contributed by atoms with Crippen molar-refractivity contribution in [3.8, 4) is 0 Å². The summed E-state index contributed by atoms with van der Waals surface area (Å²) in [5, 5.41) is 3.79. The van der Waals surface area contributed by atoms with Crippen LogP contribution in [-0.2, 0) is 11.2 Å². The van der Waals surface area contributed by atoms with Crippen molar-refractivity contribution in [2.24, 2.45) is 0 Å². The van der Waals surface area contributed by atoms with Crippen molar-refractivity contribution in [1.82, 2.24) is 0 Å². The number of hydrogen-bond donors (Lipinski definition) is 0. The molecule has 0 aliphatic heterocycles. The number of benzene rings is 2. The van der Waals surface area contributed by atoms with E-state index in [1.165, 1.54) is 10.9 Å². The van der Waals surface area contributed by atoms with Crippen LogP contribution in [0.2, 0.25) is 5.02 Å². The van der Waals surface area contributed by atoms with Crippen LogP contribution >= 0.6 is 23.8 Å². The quantitative estimate of drug-likeness (QED) is 0.760. The second-order valence-corrected chi connectivity index (χ2v) is 4.79. The second-order valence-electron chi connectivity index (χ2n) is 3.90. The van der Waals surface area contributed by atoms with Crippen molar-refractivity contribution in [3.05, 3.63) is 47.0 Å². The Kier molecular flexibility index (Phi) is 3.97. The number of aryl methyl sites for hydroxylation is 1. The van der Waals surface area contributed by atoms with Crippen molar-refractivity contribution < 1.29 is 4.74 Å². The summed E-state index contributed by atoms with van der Waals surface area (Å²) < 4.78 is 4.99. The first-order valence-electron chi connectivity index (χ1n) is 5.44. The molecule has 2 aromatic rings. The number of rotatable bonds is 3. The molecule has 0 aliphatic rings. The third kappa shape index (κ3) is 3.18. The summed E-state index contributed by atoms with van der Waals surface area (Å²) in [7, 11) is 1.62. The highest BCUT2D eigenvalue weighted by molar-refractivity contribution is 7.80. The highest BCUT2D eigenvalue weighted by atomic mass is 35.5. The molecule has 17 heavy (non-hydrogen) atoms. The summed E-state index contributed by atoms with van der Waals surface area (Å²) in [5.74, 6) is 0. The van der Waals surface area contributed by atoms with E-state index in [0.717, 1.165) is 23.3 Å². The minimum atomic E-state index is 0.654. The molecule has 0 amide bonds. The van der Waals surface area contributed by atoms with Gasteiger partial charge in [0.15, 0.2) is 5.05 Å². The third-order valence-corrected chi connectivity index (χ3v) is 3.32. The standard InChI is InChI=1S/C14H13ClOS/c1-16-14(17)7-3-10-2-4-12-9-13(15)6-5-11(12)8-10/h2,4-6,8-9H,3,7H2,1H3. The van der Waals surface area contributed by atoms with Crippen LogP contribution in [0.5, 0.6) is 0 Å². The van der Waals surface area contributed by atoms with Crippen molar-refractivity contribution in [2.75, 3.05) is 7.11 Å². The van der Waals surface area contributed by atoms with Crippen LogP contribution in [0.4, 0.5) is 0 Å². The van der Waals surface area contributed by atoms with Gasteiger partial charge in [-0.15, -0.1) is 0 Å². The van der Waals surface area contributed by atoms with Gasteiger partial charge in [-0.25, -0.2) is 0 Å². The Bertz CT molecular complexity index is 551. The maximum absolute atomic E-state index is 5.95. The van der Waals surface area contributed by atoms with Crippen molar-refractivity contribution in [3.63, 3.8) is 0 Å². The lowest BCUT2D eigenvalue weighted by molar-refractivity contribution is 0.402. The highest BCUT2D eigenvalue weighted by Gasteiger charge is 2.00. The molecule has 0 heterocycles. The highest BCUT2D eigenvalue weighted by Crippen LogP contribution is 2.21. The number of halogens is 1.